The molecule has 0 spiro atoms. The van der Waals surface area contributed by atoms with Crippen molar-refractivity contribution in [1.82, 2.24) is 84.3 Å². The lowest BCUT2D eigenvalue weighted by Crippen LogP contribution is -2.35. The van der Waals surface area contributed by atoms with Crippen LogP contribution in [0.2, 0.25) is 5.02 Å². The number of pyridine rings is 4. The van der Waals surface area contributed by atoms with Crippen molar-refractivity contribution in [3.05, 3.63) is 284 Å². The molecular weight excluding hydrogens is 1650 g/mol. The van der Waals surface area contributed by atoms with Crippen LogP contribution in [0.25, 0.3) is 87.7 Å². The predicted molar refractivity (Wildman–Crippen MR) is 467 cm³/mol. The molecule has 16 aromatic rings. The van der Waals surface area contributed by atoms with Gasteiger partial charge in [-0.05, 0) is 300 Å². The van der Waals surface area contributed by atoms with Gasteiger partial charge in [0.25, 0.3) is 5.91 Å². The van der Waals surface area contributed by atoms with Gasteiger partial charge in [-0.15, -0.1) is 0 Å². The van der Waals surface area contributed by atoms with Gasteiger partial charge in [0.2, 0.25) is 0 Å². The lowest BCUT2D eigenvalue weighted by molar-refractivity contribution is 0.0827. The average Bonchev–Trinajstić information content (AvgIpc) is 1.59. The first kappa shape index (κ1) is 86.2. The van der Waals surface area contributed by atoms with Crippen LogP contribution in [0.4, 0.5) is 48.3 Å². The molecule has 650 valence electrons. The first-order valence-corrected chi connectivity index (χ1v) is 42.8. The molecule has 12 heterocycles. The molecule has 0 radical (unpaired) electrons. The van der Waals surface area contributed by atoms with Crippen molar-refractivity contribution in [2.45, 2.75) is 134 Å². The quantitative estimate of drug-likeness (QED) is 0.0483. The lowest BCUT2D eigenvalue weighted by atomic mass is 9.87. The Morgan fingerprint density at radius 1 is 0.365 bits per heavy atom. The second-order valence-electron chi connectivity index (χ2n) is 33.6. The largest absolute Gasteiger partial charge is 0.345 e. The monoisotopic (exact) mass is 1740 g/mol. The fraction of sp³-hybridized carbons (Fsp3) is 0.323. The highest BCUT2D eigenvalue weighted by atomic mass is 35.5. The van der Waals surface area contributed by atoms with Crippen molar-refractivity contribution in [2.24, 2.45) is 0 Å². The Morgan fingerprint density at radius 3 is 1.08 bits per heavy atom. The van der Waals surface area contributed by atoms with Crippen LogP contribution in [-0.4, -0.2) is 157 Å². The summed E-state index contributed by atoms with van der Waals surface area (Å²) in [7, 11) is 3.50. The van der Waals surface area contributed by atoms with E-state index in [0.717, 1.165) is 187 Å². The van der Waals surface area contributed by atoms with Crippen LogP contribution in [0.15, 0.2) is 158 Å². The molecule has 30 heteroatoms. The minimum absolute atomic E-state index is 0.00880. The number of nitrogens with zero attached hydrogens (tertiary/aromatic N) is 13. The molecular formula is C96H91ClF11N17O. The molecule has 18 nitrogen and oxygen atoms in total. The predicted octanol–water partition coefficient (Wildman–Crippen LogP) is 22.4. The van der Waals surface area contributed by atoms with Crippen molar-refractivity contribution in [3.63, 3.8) is 0 Å². The van der Waals surface area contributed by atoms with Crippen molar-refractivity contribution in [2.75, 3.05) is 66.5 Å². The molecule has 4 fully saturated rings. The van der Waals surface area contributed by atoms with Gasteiger partial charge < -0.3 is 24.8 Å². The van der Waals surface area contributed by atoms with E-state index in [-0.39, 0.29) is 86.4 Å². The SMILES string of the molecule is C[C@H](c1nc2c(Cl)c(F)c(F)cc2[nH]1)N1CCC(c2ccnc3ccc(F)cc23)CC1.C[C@H](c1nc2c(F)cc(F)c(F)c2[nH]1)N1CCC(c2ccnc3ccc(F)cc23)CC1.C[C@H](c1nc2ccc(C(=O)N(C)C)cc2[nH]1)N1CCC(c2ccnc3ccc(F)cc23)CC1.Cc1c(F)c(F)cc2[nH]c([C@@H](C)N3CCC(c4ccnc5ccc(F)cc45)CC3)nc12. The standard InChI is InChI=1S/C26H28FN5O.C24H23F3N4.C23H20ClF3N4.C23H20F4N4/c1-16(25-29-23-6-4-18(14-24(23)30-25)26(33)31(2)3)32-12-9-17(10-13-32)20-8-11-28-22-7-5-19(27)15-21(20)22;1-13-22(27)19(26)12-21-23(13)30-24(29-21)14(2)31-9-6-15(7-10-31)17-5-8-28-20-4-3-16(25)11-18(17)20;1-12(23-29-19-11-17(26)21(27)20(24)22(19)30-23)31-8-5-13(6-9-31)15-4-7-28-18-3-2-14(25)10-16(15)18;1-12(23-29-21-18(26)11-17(25)20(27)22(21)30-23)31-8-5-13(6-9-31)15-4-7-28-19-3-2-14(24)10-16(15)19/h4-8,11,14-17H,9-10,12-13H2,1-3H3,(H,29,30);3-5,8,11-12,14-15H,6-7,9-10H2,1-2H3,(H,29,30);2*2-4,7,10-13H,5-6,8-9H2,1H3,(H,29,30)/t16-;14-;2*12-/m1111/s1. The maximum absolute atomic E-state index is 14.0. The third-order valence-corrected chi connectivity index (χ3v) is 26.3. The first-order valence-electron chi connectivity index (χ1n) is 42.4. The number of benzene rings is 8. The van der Waals surface area contributed by atoms with Gasteiger partial charge in [0.1, 0.15) is 68.1 Å². The van der Waals surface area contributed by atoms with Gasteiger partial charge in [-0.25, -0.2) is 68.2 Å². The molecule has 1 amide bonds. The number of aryl methyl sites for hydroxylation is 1. The molecule has 4 N–H and O–H groups in total. The molecule has 20 rings (SSSR count). The van der Waals surface area contributed by atoms with Crippen molar-refractivity contribution < 1.29 is 53.1 Å². The van der Waals surface area contributed by atoms with Crippen molar-refractivity contribution >= 4 is 105 Å². The molecule has 0 unspecified atom stereocenters. The minimum atomic E-state index is -1.24. The van der Waals surface area contributed by atoms with Gasteiger partial charge >= 0.3 is 0 Å². The number of H-pyrrole nitrogens is 4. The van der Waals surface area contributed by atoms with Gasteiger partial charge in [0.15, 0.2) is 40.7 Å². The maximum Gasteiger partial charge on any atom is 0.253 e. The number of carbonyl (C=O) groups excluding carboxylic acids is 1. The van der Waals surface area contributed by atoms with Crippen LogP contribution in [0.5, 0.6) is 0 Å². The van der Waals surface area contributed by atoms with Crippen molar-refractivity contribution in [1.29, 1.82) is 0 Å². The summed E-state index contributed by atoms with van der Waals surface area (Å²) in [5, 5.41) is 3.19. The fourth-order valence-electron chi connectivity index (χ4n) is 18.7. The number of aromatic amines is 4. The number of nitrogens with one attached hydrogen (secondary N) is 4. The molecule has 8 aromatic heterocycles. The Morgan fingerprint density at radius 2 is 0.690 bits per heavy atom. The molecule has 8 aromatic carbocycles. The normalized spacial score (nSPS) is 16.8. The third-order valence-electron chi connectivity index (χ3n) is 25.9. The Labute approximate surface area is 723 Å². The van der Waals surface area contributed by atoms with E-state index in [1.165, 1.54) is 42.0 Å². The fourth-order valence-corrected chi connectivity index (χ4v) is 18.9. The van der Waals surface area contributed by atoms with E-state index in [9.17, 15) is 53.1 Å². The molecule has 4 atom stereocenters. The second kappa shape index (κ2) is 36.2. The van der Waals surface area contributed by atoms with Crippen LogP contribution >= 0.6 is 11.6 Å². The third kappa shape index (κ3) is 17.5. The molecule has 0 bridgehead atoms. The zero-order chi connectivity index (χ0) is 88.2. The van der Waals surface area contributed by atoms with Crippen LogP contribution < -0.4 is 0 Å². The smallest absolute Gasteiger partial charge is 0.253 e. The molecule has 4 aliphatic rings. The van der Waals surface area contributed by atoms with Gasteiger partial charge in [-0.1, -0.05) is 11.6 Å². The average molecular weight is 1740 g/mol. The highest BCUT2D eigenvalue weighted by Crippen LogP contribution is 2.42. The summed E-state index contributed by atoms with van der Waals surface area (Å²) >= 11 is 5.94. The van der Waals surface area contributed by atoms with E-state index in [1.54, 1.807) is 87.0 Å². The highest BCUT2D eigenvalue weighted by Gasteiger charge is 2.34. The summed E-state index contributed by atoms with van der Waals surface area (Å²) in [5.41, 5.74) is 11.5. The number of rotatable bonds is 13. The first-order chi connectivity index (χ1) is 60.7. The number of fused-ring (bicyclic) bond motifs is 8. The highest BCUT2D eigenvalue weighted by molar-refractivity contribution is 6.35. The van der Waals surface area contributed by atoms with E-state index in [4.69, 9.17) is 16.6 Å². The Kier molecular flexibility index (Phi) is 24.8. The molecule has 0 aliphatic carbocycles. The zero-order valence-corrected chi connectivity index (χ0v) is 71.0. The number of hydrogen-bond donors (Lipinski definition) is 4. The lowest BCUT2D eigenvalue weighted by Gasteiger charge is -2.35. The summed E-state index contributed by atoms with van der Waals surface area (Å²) in [6, 6.07) is 35.1. The summed E-state index contributed by atoms with van der Waals surface area (Å²) in [6.07, 6.45) is 14.5. The number of carbonyl (C=O) groups is 1. The van der Waals surface area contributed by atoms with Crippen LogP contribution in [0.3, 0.4) is 0 Å². The van der Waals surface area contributed by atoms with Crippen LogP contribution in [-0.2, 0) is 0 Å². The number of likely N-dealkylation sites (tertiary alicyclic amines) is 4. The van der Waals surface area contributed by atoms with E-state index < -0.39 is 40.7 Å². The number of imidazole rings is 4. The number of hydrogen-bond acceptors (Lipinski definition) is 13. The number of amides is 1. The summed E-state index contributed by atoms with van der Waals surface area (Å²) in [6.45, 7) is 16.4. The van der Waals surface area contributed by atoms with E-state index in [1.807, 2.05) is 62.5 Å². The minimum Gasteiger partial charge on any atom is -0.345 e. The van der Waals surface area contributed by atoms with E-state index in [2.05, 4.69) is 88.3 Å². The number of halogens is 12. The topological polar surface area (TPSA) is 200 Å². The molecule has 4 aliphatic heterocycles. The Hall–Kier alpha value is -11.9. The Bertz CT molecular complexity index is 6570. The van der Waals surface area contributed by atoms with Crippen LogP contribution in [0, 0.1) is 70.9 Å². The zero-order valence-electron chi connectivity index (χ0n) is 70.2. The molecule has 4 saturated heterocycles. The van der Waals surface area contributed by atoms with Gasteiger partial charge in [0.05, 0.1) is 73.8 Å². The summed E-state index contributed by atoms with van der Waals surface area (Å²) in [4.78, 5) is 70.9. The van der Waals surface area contributed by atoms with Gasteiger partial charge in [-0.2, -0.15) is 0 Å². The summed E-state index contributed by atoms with van der Waals surface area (Å²) in [5.74, 6) is -4.16. The maximum atomic E-state index is 14.0. The Balaban J connectivity index is 0.000000119. The molecule has 126 heavy (non-hydrogen) atoms. The van der Waals surface area contributed by atoms with E-state index in [0.29, 0.717) is 63.4 Å². The number of aromatic nitrogens is 12. The van der Waals surface area contributed by atoms with Gasteiger partial charge in [-0.3, -0.25) is 44.3 Å². The van der Waals surface area contributed by atoms with Crippen LogP contribution in [0.1, 0.15) is 188 Å². The molecule has 0 saturated carbocycles. The number of piperidine rings is 4. The summed E-state index contributed by atoms with van der Waals surface area (Å²) < 4.78 is 152. The second-order valence-corrected chi connectivity index (χ2v) is 33.9. The van der Waals surface area contributed by atoms with Gasteiger partial charge in [0, 0.05) is 89.8 Å². The van der Waals surface area contributed by atoms with E-state index >= 15 is 0 Å². The van der Waals surface area contributed by atoms with Crippen molar-refractivity contribution in [3.8, 4) is 0 Å².